The van der Waals surface area contributed by atoms with Crippen molar-refractivity contribution in [3.8, 4) is 0 Å². The van der Waals surface area contributed by atoms with Gasteiger partial charge >= 0.3 is 5.97 Å². The number of pyridine rings is 1. The molecule has 0 saturated carbocycles. The Labute approximate surface area is 144 Å². The van der Waals surface area contributed by atoms with Crippen molar-refractivity contribution in [2.45, 2.75) is 6.42 Å². The van der Waals surface area contributed by atoms with Crippen molar-refractivity contribution in [3.05, 3.63) is 78.4 Å². The van der Waals surface area contributed by atoms with Crippen LogP contribution in [0.1, 0.15) is 5.56 Å². The largest absolute Gasteiger partial charge is 0.481 e. The van der Waals surface area contributed by atoms with Crippen molar-refractivity contribution >= 4 is 39.1 Å². The number of carboxylic acids is 1. The minimum Gasteiger partial charge on any atom is -0.481 e. The first kappa shape index (κ1) is 15.1. The van der Waals surface area contributed by atoms with Crippen LogP contribution in [0.3, 0.4) is 0 Å². The maximum Gasteiger partial charge on any atom is 0.307 e. The molecule has 0 fully saturated rings. The Morgan fingerprint density at radius 3 is 2.04 bits per heavy atom. The Hall–Kier alpha value is -3.40. The molecule has 2 N–H and O–H groups in total. The molecule has 1 heterocycles. The van der Waals surface area contributed by atoms with Gasteiger partial charge in [-0.25, -0.2) is 4.98 Å². The predicted molar refractivity (Wildman–Crippen MR) is 100 cm³/mol. The fraction of sp³-hybridized carbons (Fsp3) is 0.0476. The van der Waals surface area contributed by atoms with Crippen molar-refractivity contribution in [2.24, 2.45) is 0 Å². The number of carbonyl (C=O) groups is 1. The quantitative estimate of drug-likeness (QED) is 0.530. The number of benzene rings is 3. The summed E-state index contributed by atoms with van der Waals surface area (Å²) in [5.41, 5.74) is 4.30. The number of fused-ring (bicyclic) bond motifs is 2. The second-order valence-corrected chi connectivity index (χ2v) is 5.87. The van der Waals surface area contributed by atoms with Gasteiger partial charge in [0.25, 0.3) is 0 Å². The van der Waals surface area contributed by atoms with E-state index in [1.165, 1.54) is 0 Å². The number of rotatable bonds is 4. The van der Waals surface area contributed by atoms with Crippen molar-refractivity contribution in [1.82, 2.24) is 4.98 Å². The fourth-order valence-electron chi connectivity index (χ4n) is 3.07. The van der Waals surface area contributed by atoms with E-state index in [-0.39, 0.29) is 6.42 Å². The molecule has 4 rings (SSSR count). The smallest absolute Gasteiger partial charge is 0.307 e. The summed E-state index contributed by atoms with van der Waals surface area (Å²) in [6, 6.07) is 23.4. The van der Waals surface area contributed by atoms with Crippen LogP contribution in [0.4, 0.5) is 11.4 Å². The summed E-state index contributed by atoms with van der Waals surface area (Å²) in [6.45, 7) is 0. The van der Waals surface area contributed by atoms with Gasteiger partial charge in [-0.2, -0.15) is 0 Å². The number of aromatic nitrogens is 1. The van der Waals surface area contributed by atoms with Crippen LogP contribution in [0, 0.1) is 0 Å². The van der Waals surface area contributed by atoms with E-state index in [0.29, 0.717) is 0 Å². The van der Waals surface area contributed by atoms with E-state index in [1.54, 1.807) is 0 Å². The van der Waals surface area contributed by atoms with Gasteiger partial charge in [0.15, 0.2) is 0 Å². The molecule has 0 aliphatic rings. The van der Waals surface area contributed by atoms with Gasteiger partial charge in [-0.05, 0) is 23.8 Å². The third-order valence-electron chi connectivity index (χ3n) is 4.21. The van der Waals surface area contributed by atoms with E-state index in [2.05, 4.69) is 5.32 Å². The lowest BCUT2D eigenvalue weighted by atomic mass is 10.1. The molecule has 3 aromatic carbocycles. The maximum atomic E-state index is 11.2. The van der Waals surface area contributed by atoms with Crippen molar-refractivity contribution in [2.75, 3.05) is 5.32 Å². The second kappa shape index (κ2) is 6.24. The summed E-state index contributed by atoms with van der Waals surface area (Å²) < 4.78 is 0. The van der Waals surface area contributed by atoms with Crippen LogP contribution in [0.25, 0.3) is 21.8 Å². The third kappa shape index (κ3) is 2.90. The average Bonchev–Trinajstić information content (AvgIpc) is 2.62. The average molecular weight is 328 g/mol. The molecule has 0 aliphatic carbocycles. The zero-order valence-corrected chi connectivity index (χ0v) is 13.4. The number of para-hydroxylation sites is 3. The Balaban J connectivity index is 1.93. The van der Waals surface area contributed by atoms with Gasteiger partial charge in [0.2, 0.25) is 0 Å². The molecule has 25 heavy (non-hydrogen) atoms. The van der Waals surface area contributed by atoms with Gasteiger partial charge in [-0.15, -0.1) is 0 Å². The Bertz CT molecular complexity index is 1040. The molecule has 4 heteroatoms. The summed E-state index contributed by atoms with van der Waals surface area (Å²) in [7, 11) is 0. The zero-order valence-electron chi connectivity index (χ0n) is 13.4. The minimum absolute atomic E-state index is 0.0237. The summed E-state index contributed by atoms with van der Waals surface area (Å²) in [5, 5.41) is 14.6. The molecular formula is C21H16N2O2. The van der Waals surface area contributed by atoms with Crippen LogP contribution in [0.15, 0.2) is 72.8 Å². The topological polar surface area (TPSA) is 62.2 Å². The number of nitrogens with zero attached hydrogens (tertiary/aromatic N) is 1. The second-order valence-electron chi connectivity index (χ2n) is 5.87. The normalized spacial score (nSPS) is 10.9. The Kier molecular flexibility index (Phi) is 3.78. The van der Waals surface area contributed by atoms with Gasteiger partial charge in [0.05, 0.1) is 23.1 Å². The van der Waals surface area contributed by atoms with Crippen molar-refractivity contribution < 1.29 is 9.90 Å². The maximum absolute atomic E-state index is 11.2. The first-order chi connectivity index (χ1) is 12.2. The molecule has 0 spiro atoms. The molecule has 0 amide bonds. The van der Waals surface area contributed by atoms with Crippen LogP contribution in [0.5, 0.6) is 0 Å². The van der Waals surface area contributed by atoms with Gasteiger partial charge in [0, 0.05) is 16.5 Å². The number of hydrogen-bond donors (Lipinski definition) is 2. The summed E-state index contributed by atoms with van der Waals surface area (Å²) >= 11 is 0. The lowest BCUT2D eigenvalue weighted by Gasteiger charge is -2.15. The number of aliphatic carboxylic acids is 1. The first-order valence-corrected chi connectivity index (χ1v) is 8.06. The van der Waals surface area contributed by atoms with Gasteiger partial charge in [-0.1, -0.05) is 54.6 Å². The van der Waals surface area contributed by atoms with Crippen molar-refractivity contribution in [3.63, 3.8) is 0 Å². The van der Waals surface area contributed by atoms with E-state index < -0.39 is 5.97 Å². The first-order valence-electron chi connectivity index (χ1n) is 8.06. The lowest BCUT2D eigenvalue weighted by Crippen LogP contribution is -2.04. The van der Waals surface area contributed by atoms with Crippen LogP contribution in [-0.4, -0.2) is 16.1 Å². The monoisotopic (exact) mass is 328 g/mol. The third-order valence-corrected chi connectivity index (χ3v) is 4.21. The highest BCUT2D eigenvalue weighted by molar-refractivity contribution is 6.08. The van der Waals surface area contributed by atoms with Gasteiger partial charge in [0.1, 0.15) is 0 Å². The molecule has 1 aromatic heterocycles. The molecule has 0 unspecified atom stereocenters. The SMILES string of the molecule is O=C(O)Cc1ccccc1Nc1c2ccccc2nc2ccccc12. The number of hydrogen-bond acceptors (Lipinski definition) is 3. The number of anilines is 2. The summed E-state index contributed by atoms with van der Waals surface area (Å²) in [4.78, 5) is 15.9. The molecular weight excluding hydrogens is 312 g/mol. The molecule has 4 aromatic rings. The lowest BCUT2D eigenvalue weighted by molar-refractivity contribution is -0.136. The van der Waals surface area contributed by atoms with E-state index in [9.17, 15) is 4.79 Å². The highest BCUT2D eigenvalue weighted by Crippen LogP contribution is 2.33. The standard InChI is InChI=1S/C21H16N2O2/c24-20(25)13-14-7-1-4-10-17(14)23-21-15-8-2-5-11-18(15)22-19-12-6-3-9-16(19)21/h1-12H,13H2,(H,22,23)(H,24,25). The van der Waals surface area contributed by atoms with Crippen LogP contribution in [0.2, 0.25) is 0 Å². The molecule has 0 atom stereocenters. The van der Waals surface area contributed by atoms with E-state index >= 15 is 0 Å². The molecule has 122 valence electrons. The van der Waals surface area contributed by atoms with E-state index in [0.717, 1.165) is 38.7 Å². The summed E-state index contributed by atoms with van der Waals surface area (Å²) in [6.07, 6.45) is -0.0237. The summed E-state index contributed by atoms with van der Waals surface area (Å²) in [5.74, 6) is -0.848. The molecule has 0 radical (unpaired) electrons. The van der Waals surface area contributed by atoms with Crippen LogP contribution < -0.4 is 5.32 Å². The number of nitrogens with one attached hydrogen (secondary N) is 1. The van der Waals surface area contributed by atoms with Crippen LogP contribution >= 0.6 is 0 Å². The van der Waals surface area contributed by atoms with E-state index in [1.807, 2.05) is 72.8 Å². The molecule has 4 nitrogen and oxygen atoms in total. The van der Waals surface area contributed by atoms with Crippen LogP contribution in [-0.2, 0) is 11.2 Å². The fourth-order valence-corrected chi connectivity index (χ4v) is 3.07. The Morgan fingerprint density at radius 1 is 0.840 bits per heavy atom. The van der Waals surface area contributed by atoms with Gasteiger partial charge in [-0.3, -0.25) is 4.79 Å². The minimum atomic E-state index is -0.848. The van der Waals surface area contributed by atoms with Gasteiger partial charge < -0.3 is 10.4 Å². The zero-order chi connectivity index (χ0) is 17.2. The Morgan fingerprint density at radius 2 is 1.40 bits per heavy atom. The highest BCUT2D eigenvalue weighted by atomic mass is 16.4. The van der Waals surface area contributed by atoms with Crippen molar-refractivity contribution in [1.29, 1.82) is 0 Å². The predicted octanol–water partition coefficient (Wildman–Crippen LogP) is 4.76. The molecule has 0 aliphatic heterocycles. The van der Waals surface area contributed by atoms with E-state index in [4.69, 9.17) is 10.1 Å². The molecule has 0 saturated heterocycles. The highest BCUT2D eigenvalue weighted by Gasteiger charge is 2.12. The number of carboxylic acid groups (broad SMARTS) is 1. The molecule has 0 bridgehead atoms.